The molecule has 0 radical (unpaired) electrons. The fourth-order valence-corrected chi connectivity index (χ4v) is 1.82. The summed E-state index contributed by atoms with van der Waals surface area (Å²) in [7, 11) is 0. The van der Waals surface area contributed by atoms with Gasteiger partial charge in [0.15, 0.2) is 5.96 Å². The summed E-state index contributed by atoms with van der Waals surface area (Å²) in [5.41, 5.74) is 0.883. The van der Waals surface area contributed by atoms with Crippen molar-refractivity contribution in [3.05, 3.63) is 29.8 Å². The number of nitrogens with zero attached hydrogens (tertiary/aromatic N) is 1. The fourth-order valence-electron chi connectivity index (χ4n) is 1.82. The van der Waals surface area contributed by atoms with E-state index in [1.165, 1.54) is 0 Å². The number of rotatable bonds is 5. The van der Waals surface area contributed by atoms with Crippen LogP contribution in [0.25, 0.3) is 0 Å². The fraction of sp³-hybridized carbons (Fsp3) is 0.588. The van der Waals surface area contributed by atoms with Gasteiger partial charge in [0.25, 0.3) is 0 Å². The zero-order valence-electron chi connectivity index (χ0n) is 14.6. The average molecular weight is 419 g/mol. The third-order valence-corrected chi connectivity index (χ3v) is 2.57. The van der Waals surface area contributed by atoms with E-state index in [1.807, 2.05) is 18.2 Å². The molecule has 0 aliphatic heterocycles. The monoisotopic (exact) mass is 419 g/mol. The highest BCUT2D eigenvalue weighted by Crippen LogP contribution is 2.23. The maximum atomic E-state index is 6.00. The van der Waals surface area contributed by atoms with Gasteiger partial charge in [-0.15, -0.1) is 24.0 Å². The van der Waals surface area contributed by atoms with Gasteiger partial charge >= 0.3 is 0 Å². The number of hydrogen-bond acceptors (Lipinski definition) is 2. The Labute approximate surface area is 152 Å². The maximum absolute atomic E-state index is 6.00. The number of guanidine groups is 1. The van der Waals surface area contributed by atoms with Crippen molar-refractivity contribution in [1.82, 2.24) is 10.6 Å². The van der Waals surface area contributed by atoms with Crippen LogP contribution in [0.4, 0.5) is 0 Å². The van der Waals surface area contributed by atoms with Gasteiger partial charge in [0, 0.05) is 18.2 Å². The molecule has 1 aromatic rings. The van der Waals surface area contributed by atoms with Crippen LogP contribution in [-0.4, -0.2) is 24.1 Å². The van der Waals surface area contributed by atoms with E-state index in [-0.39, 0.29) is 29.6 Å². The quantitative estimate of drug-likeness (QED) is 0.432. The van der Waals surface area contributed by atoms with Crippen molar-refractivity contribution in [2.24, 2.45) is 4.99 Å². The minimum atomic E-state index is -0.208. The minimum Gasteiger partial charge on any atom is -0.488 e. The van der Waals surface area contributed by atoms with Crippen molar-refractivity contribution in [2.45, 2.75) is 59.7 Å². The molecule has 22 heavy (non-hydrogen) atoms. The Balaban J connectivity index is 0.00000441. The summed E-state index contributed by atoms with van der Waals surface area (Å²) in [4.78, 5) is 4.63. The van der Waals surface area contributed by atoms with Crippen LogP contribution in [0, 0.1) is 0 Å². The van der Waals surface area contributed by atoms with Crippen molar-refractivity contribution < 1.29 is 4.74 Å². The molecule has 0 bridgehead atoms. The van der Waals surface area contributed by atoms with Gasteiger partial charge in [0.05, 0.1) is 6.54 Å². The molecular formula is C17H30IN3O. The highest BCUT2D eigenvalue weighted by Gasteiger charge is 2.14. The molecule has 0 saturated heterocycles. The second kappa shape index (κ2) is 9.92. The van der Waals surface area contributed by atoms with Gasteiger partial charge in [0.1, 0.15) is 11.4 Å². The lowest BCUT2D eigenvalue weighted by Gasteiger charge is -2.23. The Morgan fingerprint density at radius 1 is 1.23 bits per heavy atom. The van der Waals surface area contributed by atoms with Crippen molar-refractivity contribution in [2.75, 3.05) is 6.54 Å². The molecule has 0 aliphatic carbocycles. The first-order chi connectivity index (χ1) is 9.81. The summed E-state index contributed by atoms with van der Waals surface area (Å²) < 4.78 is 6.00. The third-order valence-electron chi connectivity index (χ3n) is 2.57. The largest absolute Gasteiger partial charge is 0.488 e. The van der Waals surface area contributed by atoms with Crippen LogP contribution < -0.4 is 15.4 Å². The molecule has 0 aliphatic rings. The first kappa shape index (κ1) is 21.0. The second-order valence-corrected chi connectivity index (χ2v) is 6.32. The molecule has 4 nitrogen and oxygen atoms in total. The summed E-state index contributed by atoms with van der Waals surface area (Å²) in [6.45, 7) is 13.9. The molecule has 0 unspecified atom stereocenters. The second-order valence-electron chi connectivity index (χ2n) is 6.32. The molecule has 0 fully saturated rings. The SMILES string of the molecule is CCNC(=NCc1ccccc1OC(C)(C)C)NC(C)C.I. The number of nitrogens with one attached hydrogen (secondary N) is 2. The van der Waals surface area contributed by atoms with Crippen LogP contribution in [0.15, 0.2) is 29.3 Å². The van der Waals surface area contributed by atoms with Gasteiger partial charge in [-0.05, 0) is 47.6 Å². The van der Waals surface area contributed by atoms with Crippen LogP contribution in [0.2, 0.25) is 0 Å². The predicted octanol–water partition coefficient (Wildman–Crippen LogP) is 3.95. The van der Waals surface area contributed by atoms with Gasteiger partial charge in [-0.25, -0.2) is 4.99 Å². The molecule has 5 heteroatoms. The standard InChI is InChI=1S/C17H29N3O.HI/c1-7-18-16(20-13(2)3)19-12-14-10-8-9-11-15(14)21-17(4,5)6;/h8-11,13H,7,12H2,1-6H3,(H2,18,19,20);1H. The molecule has 0 saturated carbocycles. The van der Waals surface area contributed by atoms with E-state index in [0.29, 0.717) is 12.6 Å². The molecule has 0 aromatic heterocycles. The number of benzene rings is 1. The number of ether oxygens (including phenoxy) is 1. The lowest BCUT2D eigenvalue weighted by molar-refractivity contribution is 0.129. The van der Waals surface area contributed by atoms with Gasteiger partial charge in [-0.1, -0.05) is 18.2 Å². The molecule has 0 atom stereocenters. The van der Waals surface area contributed by atoms with E-state index in [0.717, 1.165) is 23.8 Å². The highest BCUT2D eigenvalue weighted by molar-refractivity contribution is 14.0. The molecule has 0 amide bonds. The Morgan fingerprint density at radius 2 is 1.86 bits per heavy atom. The Morgan fingerprint density at radius 3 is 2.41 bits per heavy atom. The Kier molecular flexibility index (Phi) is 9.48. The molecule has 0 spiro atoms. The average Bonchev–Trinajstić information content (AvgIpc) is 2.35. The lowest BCUT2D eigenvalue weighted by atomic mass is 10.1. The first-order valence-corrected chi connectivity index (χ1v) is 7.63. The van der Waals surface area contributed by atoms with E-state index in [1.54, 1.807) is 0 Å². The molecule has 1 aromatic carbocycles. The van der Waals surface area contributed by atoms with Gasteiger partial charge in [-0.3, -0.25) is 0 Å². The Bertz CT molecular complexity index is 467. The number of para-hydroxylation sites is 1. The highest BCUT2D eigenvalue weighted by atomic mass is 127. The normalized spacial score (nSPS) is 11.9. The molecule has 126 valence electrons. The van der Waals surface area contributed by atoms with Crippen LogP contribution in [0.3, 0.4) is 0 Å². The van der Waals surface area contributed by atoms with E-state index >= 15 is 0 Å². The van der Waals surface area contributed by atoms with Crippen molar-refractivity contribution >= 4 is 29.9 Å². The lowest BCUT2D eigenvalue weighted by Crippen LogP contribution is -2.41. The van der Waals surface area contributed by atoms with E-state index in [2.05, 4.69) is 63.2 Å². The topological polar surface area (TPSA) is 45.7 Å². The van der Waals surface area contributed by atoms with Crippen LogP contribution in [0.5, 0.6) is 5.75 Å². The molecule has 1 rings (SSSR count). The van der Waals surface area contributed by atoms with E-state index in [9.17, 15) is 0 Å². The van der Waals surface area contributed by atoms with E-state index < -0.39 is 0 Å². The number of halogens is 1. The van der Waals surface area contributed by atoms with Gasteiger partial charge in [0.2, 0.25) is 0 Å². The summed E-state index contributed by atoms with van der Waals surface area (Å²) in [5, 5.41) is 6.57. The first-order valence-electron chi connectivity index (χ1n) is 7.63. The van der Waals surface area contributed by atoms with Crippen LogP contribution in [-0.2, 0) is 6.54 Å². The van der Waals surface area contributed by atoms with Crippen LogP contribution >= 0.6 is 24.0 Å². The maximum Gasteiger partial charge on any atom is 0.191 e. The summed E-state index contributed by atoms with van der Waals surface area (Å²) in [6, 6.07) is 8.42. The molecule has 2 N–H and O–H groups in total. The van der Waals surface area contributed by atoms with Gasteiger partial charge < -0.3 is 15.4 Å². The predicted molar refractivity (Wildman–Crippen MR) is 105 cm³/mol. The van der Waals surface area contributed by atoms with Crippen molar-refractivity contribution in [1.29, 1.82) is 0 Å². The van der Waals surface area contributed by atoms with Crippen molar-refractivity contribution in [3.63, 3.8) is 0 Å². The molecule has 0 heterocycles. The summed E-state index contributed by atoms with van der Waals surface area (Å²) in [5.74, 6) is 1.73. The zero-order chi connectivity index (χ0) is 15.9. The number of aliphatic imine (C=N–C) groups is 1. The number of hydrogen-bond donors (Lipinski definition) is 2. The van der Waals surface area contributed by atoms with Crippen molar-refractivity contribution in [3.8, 4) is 5.75 Å². The minimum absolute atomic E-state index is 0. The Hall–Kier alpha value is -0.980. The zero-order valence-corrected chi connectivity index (χ0v) is 16.9. The van der Waals surface area contributed by atoms with E-state index in [4.69, 9.17) is 4.74 Å². The smallest absolute Gasteiger partial charge is 0.191 e. The summed E-state index contributed by atoms with van der Waals surface area (Å²) >= 11 is 0. The third kappa shape index (κ3) is 8.46. The molecular weight excluding hydrogens is 389 g/mol. The van der Waals surface area contributed by atoms with Crippen LogP contribution in [0.1, 0.15) is 47.1 Å². The van der Waals surface area contributed by atoms with Gasteiger partial charge in [-0.2, -0.15) is 0 Å². The summed E-state index contributed by atoms with van der Waals surface area (Å²) in [6.07, 6.45) is 0.